The number of rotatable bonds is 3. The lowest BCUT2D eigenvalue weighted by molar-refractivity contribution is 0.0622. The summed E-state index contributed by atoms with van der Waals surface area (Å²) in [5, 5.41) is 3.26. The van der Waals surface area contributed by atoms with E-state index in [-0.39, 0.29) is 5.91 Å². The highest BCUT2D eigenvalue weighted by Gasteiger charge is 2.35. The molecule has 3 aliphatic rings. The lowest BCUT2D eigenvalue weighted by Gasteiger charge is -2.44. The predicted molar refractivity (Wildman–Crippen MR) is 90.2 cm³/mol. The minimum atomic E-state index is 0.0888. The molecular weight excluding hydrogens is 292 g/mol. The average molecular weight is 312 g/mol. The second-order valence-electron chi connectivity index (χ2n) is 6.25. The number of hydrogen-bond donors (Lipinski definition) is 1. The van der Waals surface area contributed by atoms with Crippen LogP contribution in [0, 0.1) is 5.92 Å². The van der Waals surface area contributed by atoms with E-state index in [4.69, 9.17) is 0 Å². The van der Waals surface area contributed by atoms with Gasteiger partial charge in [0.1, 0.15) is 0 Å². The second-order valence-corrected chi connectivity index (χ2v) is 7.33. The van der Waals surface area contributed by atoms with Gasteiger partial charge in [-0.3, -0.25) is 4.79 Å². The van der Waals surface area contributed by atoms with Gasteiger partial charge in [0.25, 0.3) is 5.91 Å². The molecule has 3 nitrogen and oxygen atoms in total. The molecule has 114 valence electrons. The van der Waals surface area contributed by atoms with Crippen molar-refractivity contribution in [3.63, 3.8) is 0 Å². The van der Waals surface area contributed by atoms with E-state index in [1.165, 1.54) is 31.5 Å². The smallest absolute Gasteiger partial charge is 0.261 e. The third-order valence-corrected chi connectivity index (χ3v) is 5.99. The van der Waals surface area contributed by atoms with Gasteiger partial charge in [-0.2, -0.15) is 0 Å². The van der Waals surface area contributed by atoms with E-state index in [1.54, 1.807) is 11.3 Å². The Balaban J connectivity index is 1.46. The number of fused-ring (bicyclic) bond motifs is 3. The Kier molecular flexibility index (Phi) is 3.72. The van der Waals surface area contributed by atoms with Crippen molar-refractivity contribution in [3.8, 4) is 10.4 Å². The van der Waals surface area contributed by atoms with Gasteiger partial charge in [0.15, 0.2) is 0 Å². The largest absolute Gasteiger partial charge is 0.347 e. The van der Waals surface area contributed by atoms with Crippen molar-refractivity contribution < 1.29 is 4.79 Å². The molecule has 1 amide bonds. The Morgan fingerprint density at radius 2 is 1.86 bits per heavy atom. The molecule has 22 heavy (non-hydrogen) atoms. The van der Waals surface area contributed by atoms with Crippen LogP contribution in [0.2, 0.25) is 0 Å². The summed E-state index contributed by atoms with van der Waals surface area (Å²) in [5.41, 5.74) is 1.18. The van der Waals surface area contributed by atoms with Crippen molar-refractivity contribution in [2.45, 2.75) is 18.9 Å². The van der Waals surface area contributed by atoms with Crippen molar-refractivity contribution in [2.24, 2.45) is 5.92 Å². The molecule has 1 atom stereocenters. The number of thiophene rings is 1. The number of nitrogens with zero attached hydrogens (tertiary/aromatic N) is 1. The maximum atomic E-state index is 12.5. The van der Waals surface area contributed by atoms with Crippen LogP contribution in [-0.4, -0.2) is 36.5 Å². The molecule has 1 aromatic heterocycles. The first-order valence-corrected chi connectivity index (χ1v) is 8.80. The molecule has 5 rings (SSSR count). The van der Waals surface area contributed by atoms with Crippen LogP contribution in [0.5, 0.6) is 0 Å². The quantitative estimate of drug-likeness (QED) is 0.943. The number of carbonyl (C=O) groups excluding carboxylic acids is 1. The van der Waals surface area contributed by atoms with Gasteiger partial charge in [-0.15, -0.1) is 11.3 Å². The molecule has 3 fully saturated rings. The van der Waals surface area contributed by atoms with Crippen LogP contribution in [0.4, 0.5) is 0 Å². The zero-order chi connectivity index (χ0) is 14.9. The first-order valence-electron chi connectivity index (χ1n) is 7.98. The highest BCUT2D eigenvalue weighted by Crippen LogP contribution is 2.30. The number of amides is 1. The Morgan fingerprint density at radius 1 is 1.09 bits per heavy atom. The zero-order valence-electron chi connectivity index (χ0n) is 12.5. The highest BCUT2D eigenvalue weighted by molar-refractivity contribution is 7.17. The predicted octanol–water partition coefficient (Wildman–Crippen LogP) is 3.24. The fourth-order valence-electron chi connectivity index (χ4n) is 3.59. The van der Waals surface area contributed by atoms with E-state index in [0.717, 1.165) is 16.3 Å². The lowest BCUT2D eigenvalue weighted by atomic mass is 9.84. The second kappa shape index (κ2) is 5.86. The van der Waals surface area contributed by atoms with Crippen LogP contribution in [0.1, 0.15) is 22.5 Å². The van der Waals surface area contributed by atoms with Gasteiger partial charge in [0.2, 0.25) is 0 Å². The molecule has 1 aromatic carbocycles. The van der Waals surface area contributed by atoms with Crippen molar-refractivity contribution in [2.75, 3.05) is 19.6 Å². The van der Waals surface area contributed by atoms with Gasteiger partial charge in [-0.1, -0.05) is 30.3 Å². The van der Waals surface area contributed by atoms with E-state index >= 15 is 0 Å². The number of piperidine rings is 3. The first-order chi connectivity index (χ1) is 10.8. The number of nitrogens with one attached hydrogen (secondary N) is 1. The van der Waals surface area contributed by atoms with E-state index in [0.29, 0.717) is 12.0 Å². The van der Waals surface area contributed by atoms with Gasteiger partial charge in [0, 0.05) is 17.5 Å². The summed E-state index contributed by atoms with van der Waals surface area (Å²) in [7, 11) is 0. The van der Waals surface area contributed by atoms with E-state index in [9.17, 15) is 4.79 Å². The number of hydrogen-bond acceptors (Lipinski definition) is 3. The Bertz CT molecular complexity index is 659. The SMILES string of the molecule is O=C(NC1CN2CCC1CC2)c1ccc(-c2ccccc2)s1. The van der Waals surface area contributed by atoms with Crippen LogP contribution in [-0.2, 0) is 0 Å². The van der Waals surface area contributed by atoms with Crippen molar-refractivity contribution in [1.82, 2.24) is 10.2 Å². The molecule has 0 aliphatic carbocycles. The molecule has 4 heterocycles. The fourth-order valence-corrected chi connectivity index (χ4v) is 4.50. The van der Waals surface area contributed by atoms with Crippen LogP contribution < -0.4 is 5.32 Å². The summed E-state index contributed by atoms with van der Waals surface area (Å²) in [5.74, 6) is 0.758. The molecule has 1 N–H and O–H groups in total. The third-order valence-electron chi connectivity index (χ3n) is 4.86. The van der Waals surface area contributed by atoms with Crippen molar-refractivity contribution in [3.05, 3.63) is 47.3 Å². The first kappa shape index (κ1) is 14.0. The normalized spacial score (nSPS) is 26.8. The topological polar surface area (TPSA) is 32.3 Å². The zero-order valence-corrected chi connectivity index (χ0v) is 13.3. The van der Waals surface area contributed by atoms with Crippen LogP contribution in [0.15, 0.2) is 42.5 Å². The molecule has 0 saturated carbocycles. The maximum Gasteiger partial charge on any atom is 0.261 e. The van der Waals surface area contributed by atoms with E-state index in [2.05, 4.69) is 22.3 Å². The van der Waals surface area contributed by atoms with Crippen molar-refractivity contribution in [1.29, 1.82) is 0 Å². The molecule has 0 radical (unpaired) electrons. The van der Waals surface area contributed by atoms with Gasteiger partial charge in [0.05, 0.1) is 4.88 Å². The molecule has 2 bridgehead atoms. The summed E-state index contributed by atoms with van der Waals surface area (Å²) in [6, 6.07) is 14.6. The maximum absolute atomic E-state index is 12.5. The molecule has 0 spiro atoms. The van der Waals surface area contributed by atoms with E-state index in [1.807, 2.05) is 30.3 Å². The van der Waals surface area contributed by atoms with Gasteiger partial charge in [-0.05, 0) is 49.5 Å². The highest BCUT2D eigenvalue weighted by atomic mass is 32.1. The average Bonchev–Trinajstić information content (AvgIpc) is 3.07. The van der Waals surface area contributed by atoms with Crippen LogP contribution in [0.3, 0.4) is 0 Å². The lowest BCUT2D eigenvalue weighted by Crippen LogP contribution is -2.57. The monoisotopic (exact) mass is 312 g/mol. The van der Waals surface area contributed by atoms with Crippen molar-refractivity contribution >= 4 is 17.2 Å². The standard InChI is InChI=1S/C18H20N2OS/c21-18(19-15-12-20-10-8-13(15)9-11-20)17-7-6-16(22-17)14-4-2-1-3-5-14/h1-7,13,15H,8-12H2,(H,19,21). The minimum Gasteiger partial charge on any atom is -0.347 e. The summed E-state index contributed by atoms with van der Waals surface area (Å²) < 4.78 is 0. The summed E-state index contributed by atoms with van der Waals surface area (Å²) >= 11 is 1.58. The summed E-state index contributed by atoms with van der Waals surface area (Å²) in [6.45, 7) is 3.43. The third kappa shape index (κ3) is 2.69. The molecule has 1 unspecified atom stereocenters. The Morgan fingerprint density at radius 3 is 2.55 bits per heavy atom. The fraction of sp³-hybridized carbons (Fsp3) is 0.389. The molecule has 2 aromatic rings. The molecule has 3 aliphatic heterocycles. The molecule has 3 saturated heterocycles. The Hall–Kier alpha value is -1.65. The minimum absolute atomic E-state index is 0.0888. The van der Waals surface area contributed by atoms with Crippen LogP contribution in [0.25, 0.3) is 10.4 Å². The van der Waals surface area contributed by atoms with E-state index < -0.39 is 0 Å². The van der Waals surface area contributed by atoms with Crippen LogP contribution >= 0.6 is 11.3 Å². The number of carbonyl (C=O) groups is 1. The number of benzene rings is 1. The molecule has 4 heteroatoms. The summed E-state index contributed by atoms with van der Waals surface area (Å²) in [6.07, 6.45) is 2.45. The van der Waals surface area contributed by atoms with Gasteiger partial charge >= 0.3 is 0 Å². The van der Waals surface area contributed by atoms with Gasteiger partial charge < -0.3 is 10.2 Å². The summed E-state index contributed by atoms with van der Waals surface area (Å²) in [4.78, 5) is 16.9. The van der Waals surface area contributed by atoms with Gasteiger partial charge in [-0.25, -0.2) is 0 Å². The molecular formula is C18H20N2OS. The Labute approximate surface area is 135 Å².